The van der Waals surface area contributed by atoms with Crippen molar-refractivity contribution in [2.75, 3.05) is 18.1 Å². The first-order chi connectivity index (χ1) is 18.5. The maximum atomic E-state index is 15.7. The van der Waals surface area contributed by atoms with Crippen molar-refractivity contribution in [2.24, 2.45) is 0 Å². The fourth-order valence-corrected chi connectivity index (χ4v) is 6.10. The highest BCUT2D eigenvalue weighted by Crippen LogP contribution is 2.62. The van der Waals surface area contributed by atoms with Gasteiger partial charge in [-0.2, -0.15) is 15.1 Å². The van der Waals surface area contributed by atoms with Crippen LogP contribution >= 0.6 is 7.75 Å². The summed E-state index contributed by atoms with van der Waals surface area (Å²) < 4.78 is 53.0. The van der Waals surface area contributed by atoms with Crippen LogP contribution in [-0.4, -0.2) is 73.8 Å². The minimum atomic E-state index is -4.37. The predicted molar refractivity (Wildman–Crippen MR) is 136 cm³/mol. The molecule has 0 amide bonds. The van der Waals surface area contributed by atoms with Crippen LogP contribution in [0.25, 0.3) is 11.2 Å². The molecule has 1 aromatic carbocycles. The van der Waals surface area contributed by atoms with Gasteiger partial charge in [-0.05, 0) is 32.9 Å². The first kappa shape index (κ1) is 27.2. The number of carbonyl (C=O) groups is 1. The second kappa shape index (κ2) is 9.99. The van der Waals surface area contributed by atoms with Crippen molar-refractivity contribution in [3.05, 3.63) is 36.7 Å². The standard InChI is InChI=1S/C23H29FN7O7P/c1-11(2)35-21(32)12(3)30-39(34,37-13-8-6-5-7-9-13)38-17-16-23(17,33)15(24)20(36-16)31-10-27-14-18(26-4)28-22(25)29-19(14)31/h5-12,15-17,20,33H,1-4H3,(H,30,34)(H3,25,26,28,29)/t12-,15+,16-,17?,20-,23+,39-/m1/s1. The third-order valence-corrected chi connectivity index (χ3v) is 7.94. The summed E-state index contributed by atoms with van der Waals surface area (Å²) in [6.45, 7) is 4.75. The van der Waals surface area contributed by atoms with E-state index in [1.807, 2.05) is 0 Å². The van der Waals surface area contributed by atoms with Gasteiger partial charge in [-0.15, -0.1) is 0 Å². The quantitative estimate of drug-likeness (QED) is 0.207. The number of carbonyl (C=O) groups excluding carboxylic acids is 1. The van der Waals surface area contributed by atoms with Crippen LogP contribution in [-0.2, 0) is 23.4 Å². The molecule has 2 aliphatic rings. The number of aromatic nitrogens is 4. The minimum Gasteiger partial charge on any atom is -0.462 e. The van der Waals surface area contributed by atoms with E-state index < -0.39 is 56.1 Å². The minimum absolute atomic E-state index is 0.0673. The summed E-state index contributed by atoms with van der Waals surface area (Å²) in [5.74, 6) is -0.269. The predicted octanol–water partition coefficient (Wildman–Crippen LogP) is 1.93. The number of benzene rings is 1. The fraction of sp³-hybridized carbons (Fsp3) is 0.478. The molecule has 7 atom stereocenters. The van der Waals surface area contributed by atoms with Gasteiger partial charge in [-0.25, -0.2) is 13.9 Å². The number of ether oxygens (including phenoxy) is 2. The number of aliphatic hydroxyl groups is 1. The summed E-state index contributed by atoms with van der Waals surface area (Å²) in [5.41, 5.74) is 4.13. The number of nitrogens with two attached hydrogens (primary N) is 1. The van der Waals surface area contributed by atoms with Gasteiger partial charge in [-0.3, -0.25) is 13.9 Å². The first-order valence-electron chi connectivity index (χ1n) is 12.2. The number of alkyl halides is 1. The molecule has 1 aliphatic heterocycles. The van der Waals surface area contributed by atoms with Crippen LogP contribution in [0.2, 0.25) is 0 Å². The van der Waals surface area contributed by atoms with Gasteiger partial charge in [0.2, 0.25) is 5.95 Å². The number of hydrogen-bond donors (Lipinski definition) is 4. The number of esters is 1. The van der Waals surface area contributed by atoms with E-state index in [0.29, 0.717) is 11.3 Å². The number of hydrogen-bond acceptors (Lipinski definition) is 12. The lowest BCUT2D eigenvalue weighted by Gasteiger charge is -2.26. The van der Waals surface area contributed by atoms with Gasteiger partial charge in [0.15, 0.2) is 35.0 Å². The van der Waals surface area contributed by atoms with Crippen LogP contribution in [0, 0.1) is 0 Å². The number of imidazole rings is 1. The van der Waals surface area contributed by atoms with Crippen molar-refractivity contribution < 1.29 is 37.4 Å². The van der Waals surface area contributed by atoms with Crippen molar-refractivity contribution in [3.8, 4) is 5.75 Å². The summed E-state index contributed by atoms with van der Waals surface area (Å²) >= 11 is 0. The molecule has 1 unspecified atom stereocenters. The lowest BCUT2D eigenvalue weighted by molar-refractivity contribution is -0.149. The molecule has 0 spiro atoms. The summed E-state index contributed by atoms with van der Waals surface area (Å²) in [4.78, 5) is 24.7. The topological polar surface area (TPSA) is 185 Å². The van der Waals surface area contributed by atoms with Crippen LogP contribution in [0.5, 0.6) is 5.75 Å². The Morgan fingerprint density at radius 3 is 2.62 bits per heavy atom. The Bertz CT molecular complexity index is 1430. The molecule has 3 aromatic rings. The monoisotopic (exact) mass is 565 g/mol. The van der Waals surface area contributed by atoms with Crippen molar-refractivity contribution >= 4 is 36.6 Å². The van der Waals surface area contributed by atoms with Gasteiger partial charge in [-0.1, -0.05) is 18.2 Å². The molecule has 1 saturated carbocycles. The molecule has 1 aliphatic carbocycles. The van der Waals surface area contributed by atoms with E-state index in [2.05, 4.69) is 25.4 Å². The molecule has 2 fully saturated rings. The molecule has 2 aromatic heterocycles. The number of anilines is 2. The highest BCUT2D eigenvalue weighted by Gasteiger charge is 2.80. The average Bonchev–Trinajstić information content (AvgIpc) is 3.14. The summed E-state index contributed by atoms with van der Waals surface area (Å²) in [6, 6.07) is 6.95. The molecule has 0 bridgehead atoms. The number of fused-ring (bicyclic) bond motifs is 2. The Morgan fingerprint density at radius 2 is 2.00 bits per heavy atom. The molecule has 0 radical (unpaired) electrons. The van der Waals surface area contributed by atoms with Crippen LogP contribution in [0.3, 0.4) is 0 Å². The van der Waals surface area contributed by atoms with Gasteiger partial charge in [0.05, 0.1) is 12.4 Å². The zero-order valence-corrected chi connectivity index (χ0v) is 22.4. The molecule has 14 nitrogen and oxygen atoms in total. The summed E-state index contributed by atoms with van der Waals surface area (Å²) in [6.07, 6.45) is -5.05. The zero-order chi connectivity index (χ0) is 28.1. The summed E-state index contributed by atoms with van der Waals surface area (Å²) in [7, 11) is -2.75. The van der Waals surface area contributed by atoms with Crippen molar-refractivity contribution in [1.82, 2.24) is 24.6 Å². The number of nitrogens with zero attached hydrogens (tertiary/aromatic N) is 4. The van der Waals surface area contributed by atoms with Crippen LogP contribution in [0.1, 0.15) is 27.0 Å². The smallest absolute Gasteiger partial charge is 0.459 e. The van der Waals surface area contributed by atoms with Crippen molar-refractivity contribution in [2.45, 2.75) is 63.1 Å². The highest BCUT2D eigenvalue weighted by molar-refractivity contribution is 7.52. The normalized spacial score (nSPS) is 28.1. The Kier molecular flexibility index (Phi) is 6.97. The number of nitrogen functional groups attached to an aromatic ring is 1. The number of nitrogens with one attached hydrogen (secondary N) is 2. The lowest BCUT2D eigenvalue weighted by atomic mass is 10.2. The molecule has 210 valence electrons. The number of rotatable bonds is 10. The maximum Gasteiger partial charge on any atom is 0.459 e. The van der Waals surface area contributed by atoms with E-state index in [1.54, 1.807) is 39.1 Å². The number of halogens is 1. The SMILES string of the molecule is CNc1nc(N)nc2c1ncn2[C@@H]1O[C@@H]2C(O[P@@](=O)(N[C@H](C)C(=O)OC(C)C)Oc3ccccc3)[C@]2(O)[C@H]1F. The highest BCUT2D eigenvalue weighted by atomic mass is 31.2. The van der Waals surface area contributed by atoms with Crippen LogP contribution in [0.4, 0.5) is 16.2 Å². The second-order valence-electron chi connectivity index (χ2n) is 9.51. The third kappa shape index (κ3) is 4.92. The largest absolute Gasteiger partial charge is 0.462 e. The molecule has 3 heterocycles. The summed E-state index contributed by atoms with van der Waals surface area (Å²) in [5, 5.41) is 16.5. The second-order valence-corrected chi connectivity index (χ2v) is 11.2. The van der Waals surface area contributed by atoms with E-state index in [0.717, 1.165) is 0 Å². The Balaban J connectivity index is 1.37. The van der Waals surface area contributed by atoms with Crippen molar-refractivity contribution in [3.63, 3.8) is 0 Å². The van der Waals surface area contributed by atoms with Crippen LogP contribution in [0.15, 0.2) is 36.7 Å². The van der Waals surface area contributed by atoms with Gasteiger partial charge in [0.25, 0.3) is 0 Å². The van der Waals surface area contributed by atoms with E-state index >= 15 is 4.39 Å². The maximum absolute atomic E-state index is 15.7. The van der Waals surface area contributed by atoms with E-state index in [-0.39, 0.29) is 17.3 Å². The van der Waals surface area contributed by atoms with E-state index in [1.165, 1.54) is 30.0 Å². The van der Waals surface area contributed by atoms with Gasteiger partial charge >= 0.3 is 13.7 Å². The molecule has 5 rings (SSSR count). The molecule has 5 N–H and O–H groups in total. The molecular formula is C23H29FN7O7P. The number of para-hydroxylation sites is 1. The van der Waals surface area contributed by atoms with Gasteiger partial charge < -0.3 is 30.2 Å². The Morgan fingerprint density at radius 1 is 1.28 bits per heavy atom. The molecule has 16 heteroatoms. The van der Waals surface area contributed by atoms with E-state index in [4.69, 9.17) is 24.3 Å². The van der Waals surface area contributed by atoms with Gasteiger partial charge in [0, 0.05) is 7.05 Å². The van der Waals surface area contributed by atoms with Crippen LogP contribution < -0.4 is 20.7 Å². The molecular weight excluding hydrogens is 536 g/mol. The average molecular weight is 565 g/mol. The molecule has 1 saturated heterocycles. The van der Waals surface area contributed by atoms with Crippen molar-refractivity contribution in [1.29, 1.82) is 0 Å². The Labute approximate surface area is 222 Å². The lowest BCUT2D eigenvalue weighted by Crippen LogP contribution is -2.38. The zero-order valence-electron chi connectivity index (χ0n) is 21.5. The fourth-order valence-electron chi connectivity index (χ4n) is 4.39. The molecule has 39 heavy (non-hydrogen) atoms. The van der Waals surface area contributed by atoms with E-state index in [9.17, 15) is 14.5 Å². The Hall–Kier alpha value is -3.36. The van der Waals surface area contributed by atoms with Gasteiger partial charge in [0.1, 0.15) is 24.0 Å². The first-order valence-corrected chi connectivity index (χ1v) is 13.7. The third-order valence-electron chi connectivity index (χ3n) is 6.28.